The predicted octanol–water partition coefficient (Wildman–Crippen LogP) is 0.748. The third-order valence-corrected chi connectivity index (χ3v) is 6.68. The first kappa shape index (κ1) is 23.7. The Morgan fingerprint density at radius 1 is 1.37 bits per heavy atom. The van der Waals surface area contributed by atoms with Gasteiger partial charge in [0.1, 0.15) is 0 Å². The molecule has 1 saturated heterocycles. The van der Waals surface area contributed by atoms with Gasteiger partial charge in [0.05, 0.1) is 22.4 Å². The molecule has 1 aliphatic rings. The maximum Gasteiger partial charge on any atom is 0.300 e. The van der Waals surface area contributed by atoms with Crippen LogP contribution in [0.1, 0.15) is 13.3 Å². The van der Waals surface area contributed by atoms with Gasteiger partial charge in [0.2, 0.25) is 21.8 Å². The van der Waals surface area contributed by atoms with Gasteiger partial charge in [0, 0.05) is 40.0 Å². The molecule has 10 nitrogen and oxygen atoms in total. The van der Waals surface area contributed by atoms with Gasteiger partial charge >= 0.3 is 0 Å². The minimum Gasteiger partial charge on any atom is -0.481 e. The van der Waals surface area contributed by atoms with Crippen LogP contribution < -0.4 is 10.2 Å². The lowest BCUT2D eigenvalue weighted by molar-refractivity contribution is -0.134. The van der Waals surface area contributed by atoms with Crippen molar-refractivity contribution in [1.29, 1.82) is 0 Å². The van der Waals surface area contributed by atoms with E-state index < -0.39 is 21.9 Å². The molecule has 1 aromatic carbocycles. The van der Waals surface area contributed by atoms with Crippen LogP contribution >= 0.6 is 11.3 Å². The summed E-state index contributed by atoms with van der Waals surface area (Å²) in [5.41, 5.74) is 0.831. The second-order valence-electron chi connectivity index (χ2n) is 6.76. The number of thiazole rings is 1. The molecule has 3 rings (SSSR count). The molecule has 0 bridgehead atoms. The summed E-state index contributed by atoms with van der Waals surface area (Å²) in [5, 5.41) is 10.7. The van der Waals surface area contributed by atoms with Crippen molar-refractivity contribution in [1.82, 2.24) is 14.6 Å². The molecule has 164 valence electrons. The molecule has 0 saturated carbocycles. The van der Waals surface area contributed by atoms with E-state index in [0.717, 1.165) is 23.4 Å². The first-order valence-electron chi connectivity index (χ1n) is 9.03. The van der Waals surface area contributed by atoms with Crippen molar-refractivity contribution in [3.63, 3.8) is 0 Å². The van der Waals surface area contributed by atoms with Crippen molar-refractivity contribution < 1.29 is 27.9 Å². The molecule has 1 fully saturated rings. The van der Waals surface area contributed by atoms with Crippen LogP contribution in [0.15, 0.2) is 24.3 Å². The fourth-order valence-corrected chi connectivity index (χ4v) is 4.11. The third kappa shape index (κ3) is 6.47. The van der Waals surface area contributed by atoms with Crippen molar-refractivity contribution in [3.8, 4) is 0 Å². The van der Waals surface area contributed by atoms with E-state index in [1.807, 2.05) is 24.3 Å². The predicted molar refractivity (Wildman–Crippen MR) is 114 cm³/mol. The molecule has 2 amide bonds. The Labute approximate surface area is 178 Å². The number of benzene rings is 1. The lowest BCUT2D eigenvalue weighted by Gasteiger charge is -2.16. The summed E-state index contributed by atoms with van der Waals surface area (Å²) in [4.78, 5) is 39.6. The van der Waals surface area contributed by atoms with Gasteiger partial charge in [-0.15, -0.1) is 0 Å². The lowest BCUT2D eigenvalue weighted by atomic mass is 10.1. The highest BCUT2D eigenvalue weighted by Gasteiger charge is 2.36. The highest BCUT2D eigenvalue weighted by Crippen LogP contribution is 2.32. The molecule has 1 atom stereocenters. The van der Waals surface area contributed by atoms with Gasteiger partial charge in [-0.1, -0.05) is 23.5 Å². The normalized spacial score (nSPS) is 16.5. The molecular formula is C18H24N4O6S2. The zero-order valence-electron chi connectivity index (χ0n) is 16.9. The first-order valence-corrected chi connectivity index (χ1v) is 11.7. The number of rotatable bonds is 6. The Balaban J connectivity index is 0.000000735. The summed E-state index contributed by atoms with van der Waals surface area (Å²) in [7, 11) is -1.82. The zero-order valence-corrected chi connectivity index (χ0v) is 18.5. The van der Waals surface area contributed by atoms with Crippen LogP contribution in [0.4, 0.5) is 5.13 Å². The molecule has 1 unspecified atom stereocenters. The fraction of sp³-hybridized carbons (Fsp3) is 0.444. The number of sulfonamides is 1. The number of nitrogens with zero attached hydrogens (tertiary/aromatic N) is 3. The molecule has 12 heteroatoms. The summed E-state index contributed by atoms with van der Waals surface area (Å²) < 4.78 is 24.8. The van der Waals surface area contributed by atoms with Crippen LogP contribution in [-0.4, -0.2) is 73.5 Å². The number of carbonyl (C=O) groups is 3. The van der Waals surface area contributed by atoms with Gasteiger partial charge in [0.25, 0.3) is 5.97 Å². The number of hydrogen-bond donors (Lipinski definition) is 2. The largest absolute Gasteiger partial charge is 0.481 e. The summed E-state index contributed by atoms with van der Waals surface area (Å²) >= 11 is 1.43. The van der Waals surface area contributed by atoms with Crippen LogP contribution in [0.25, 0.3) is 10.2 Å². The number of carbonyl (C=O) groups excluding carboxylic acids is 2. The van der Waals surface area contributed by atoms with Gasteiger partial charge in [-0.3, -0.25) is 19.3 Å². The maximum absolute atomic E-state index is 12.3. The molecule has 0 radical (unpaired) electrons. The fourth-order valence-electron chi connectivity index (χ4n) is 2.69. The average molecular weight is 457 g/mol. The number of amides is 2. The Morgan fingerprint density at radius 3 is 2.60 bits per heavy atom. The molecular weight excluding hydrogens is 432 g/mol. The van der Waals surface area contributed by atoms with Gasteiger partial charge < -0.3 is 10.4 Å². The van der Waals surface area contributed by atoms with E-state index >= 15 is 0 Å². The molecule has 2 aromatic rings. The van der Waals surface area contributed by atoms with E-state index in [9.17, 15) is 18.0 Å². The highest BCUT2D eigenvalue weighted by atomic mass is 32.2. The van der Waals surface area contributed by atoms with Gasteiger partial charge in [0.15, 0.2) is 5.13 Å². The third-order valence-electron chi connectivity index (χ3n) is 4.30. The Hall–Kier alpha value is -2.57. The van der Waals surface area contributed by atoms with E-state index in [0.29, 0.717) is 5.13 Å². The zero-order chi connectivity index (χ0) is 22.5. The van der Waals surface area contributed by atoms with Crippen LogP contribution in [0, 0.1) is 5.92 Å². The van der Waals surface area contributed by atoms with Crippen molar-refractivity contribution in [3.05, 3.63) is 24.3 Å². The average Bonchev–Trinajstić information content (AvgIpc) is 3.23. The minimum atomic E-state index is -3.27. The molecule has 2 heterocycles. The number of nitrogens with one attached hydrogen (secondary N) is 1. The summed E-state index contributed by atoms with van der Waals surface area (Å²) in [5.74, 6) is -1.67. The van der Waals surface area contributed by atoms with Crippen LogP contribution in [0.3, 0.4) is 0 Å². The SMILES string of the molecule is CC(=O)O.CN(CCNC(=O)C1CC(=O)N(c2nc3ccccc3s2)C1)S(C)(=O)=O. The van der Waals surface area contributed by atoms with Crippen molar-refractivity contribution >= 4 is 54.5 Å². The van der Waals surface area contributed by atoms with Gasteiger partial charge in [-0.05, 0) is 12.1 Å². The number of likely N-dealkylation sites (N-methyl/N-ethyl adjacent to an activating group) is 1. The number of fused-ring (bicyclic) bond motifs is 1. The Morgan fingerprint density at radius 2 is 2.00 bits per heavy atom. The lowest BCUT2D eigenvalue weighted by Crippen LogP contribution is -2.38. The Kier molecular flexibility index (Phi) is 7.87. The van der Waals surface area contributed by atoms with Crippen molar-refractivity contribution in [2.75, 3.05) is 37.8 Å². The first-order chi connectivity index (χ1) is 14.0. The Bertz CT molecular complexity index is 999. The van der Waals surface area contributed by atoms with Gasteiger partial charge in [-0.2, -0.15) is 0 Å². The summed E-state index contributed by atoms with van der Waals surface area (Å²) in [6.45, 7) is 1.76. The van der Waals surface area contributed by atoms with Crippen molar-refractivity contribution in [2.24, 2.45) is 5.92 Å². The molecule has 0 aliphatic carbocycles. The topological polar surface area (TPSA) is 137 Å². The second-order valence-corrected chi connectivity index (χ2v) is 9.86. The standard InChI is InChI=1S/C16H20N4O4S2.C2H4O2/c1-19(26(2,23)24)8-7-17-15(22)11-9-14(21)20(10-11)16-18-12-5-3-4-6-13(12)25-16;1-2(3)4/h3-6,11H,7-10H2,1-2H3,(H,17,22);1H3,(H,3,4). The molecule has 0 spiro atoms. The number of carboxylic acids is 1. The smallest absolute Gasteiger partial charge is 0.300 e. The van der Waals surface area contributed by atoms with Crippen LogP contribution in [-0.2, 0) is 24.4 Å². The molecule has 1 aromatic heterocycles. The van der Waals surface area contributed by atoms with E-state index in [2.05, 4.69) is 10.3 Å². The van der Waals surface area contributed by atoms with E-state index in [1.165, 1.54) is 22.7 Å². The monoisotopic (exact) mass is 456 g/mol. The number of hydrogen-bond acceptors (Lipinski definition) is 7. The van der Waals surface area contributed by atoms with E-state index in [4.69, 9.17) is 9.90 Å². The number of aromatic nitrogens is 1. The number of anilines is 1. The van der Waals surface area contributed by atoms with Crippen LogP contribution in [0.5, 0.6) is 0 Å². The number of aliphatic carboxylic acids is 1. The summed E-state index contributed by atoms with van der Waals surface area (Å²) in [6, 6.07) is 7.64. The van der Waals surface area contributed by atoms with Gasteiger partial charge in [-0.25, -0.2) is 17.7 Å². The quantitative estimate of drug-likeness (QED) is 0.654. The molecule has 30 heavy (non-hydrogen) atoms. The maximum atomic E-state index is 12.3. The van der Waals surface area contributed by atoms with E-state index in [-0.39, 0.29) is 37.9 Å². The van der Waals surface area contributed by atoms with Crippen molar-refractivity contribution in [2.45, 2.75) is 13.3 Å². The van der Waals surface area contributed by atoms with Crippen LogP contribution in [0.2, 0.25) is 0 Å². The van der Waals surface area contributed by atoms with E-state index in [1.54, 1.807) is 4.90 Å². The second kappa shape index (κ2) is 9.96. The highest BCUT2D eigenvalue weighted by molar-refractivity contribution is 7.88. The number of para-hydroxylation sites is 1. The minimum absolute atomic E-state index is 0.127. The summed E-state index contributed by atoms with van der Waals surface area (Å²) in [6.07, 6.45) is 1.24. The molecule has 1 aliphatic heterocycles. The number of carboxylic acid groups (broad SMARTS) is 1. The molecule has 2 N–H and O–H groups in total.